The van der Waals surface area contributed by atoms with Gasteiger partial charge in [-0.3, -0.25) is 14.5 Å². The van der Waals surface area contributed by atoms with Crippen molar-refractivity contribution < 1.29 is 14.0 Å². The van der Waals surface area contributed by atoms with Gasteiger partial charge in [-0.05, 0) is 38.2 Å². The zero-order valence-electron chi connectivity index (χ0n) is 20.5. The average Bonchev–Trinajstić information content (AvgIpc) is 3.54. The van der Waals surface area contributed by atoms with Crippen LogP contribution < -0.4 is 0 Å². The summed E-state index contributed by atoms with van der Waals surface area (Å²) in [5.41, 5.74) is 1.16. The van der Waals surface area contributed by atoms with Crippen molar-refractivity contribution in [1.82, 2.24) is 29.5 Å². The van der Waals surface area contributed by atoms with Crippen molar-refractivity contribution in [1.29, 1.82) is 0 Å². The number of hydrogen-bond acceptors (Lipinski definition) is 7. The molecular weight excluding hydrogens is 464 g/mol. The first-order valence-corrected chi connectivity index (χ1v) is 12.8. The summed E-state index contributed by atoms with van der Waals surface area (Å²) in [6, 6.07) is 13.7. The van der Waals surface area contributed by atoms with Gasteiger partial charge in [-0.15, -0.1) is 10.2 Å². The molecule has 0 radical (unpaired) electrons. The van der Waals surface area contributed by atoms with E-state index in [9.17, 15) is 9.59 Å². The Bertz CT molecular complexity index is 1110. The van der Waals surface area contributed by atoms with Crippen LogP contribution in [-0.2, 0) is 11.3 Å². The summed E-state index contributed by atoms with van der Waals surface area (Å²) in [5, 5.41) is 9.72. The van der Waals surface area contributed by atoms with Gasteiger partial charge >= 0.3 is 0 Å². The molecule has 1 saturated heterocycles. The van der Waals surface area contributed by atoms with Gasteiger partial charge in [0.25, 0.3) is 5.91 Å². The molecule has 2 amide bonds. The largest absolute Gasteiger partial charge is 0.459 e. The van der Waals surface area contributed by atoms with Gasteiger partial charge in [-0.25, -0.2) is 0 Å². The number of amides is 2. The third-order valence-corrected chi connectivity index (χ3v) is 7.16. The maximum atomic E-state index is 13.0. The maximum absolute atomic E-state index is 13.0. The van der Waals surface area contributed by atoms with Gasteiger partial charge in [0, 0.05) is 26.2 Å². The summed E-state index contributed by atoms with van der Waals surface area (Å²) in [6.07, 6.45) is 2.40. The van der Waals surface area contributed by atoms with Gasteiger partial charge in [0.2, 0.25) is 5.91 Å². The second-order valence-electron chi connectivity index (χ2n) is 8.74. The summed E-state index contributed by atoms with van der Waals surface area (Å²) < 4.78 is 7.34. The molecular formula is C25H32N6O3S. The molecule has 9 nitrogen and oxygen atoms in total. The van der Waals surface area contributed by atoms with Crippen molar-refractivity contribution in [3.05, 3.63) is 65.9 Å². The van der Waals surface area contributed by atoms with Gasteiger partial charge in [0.1, 0.15) is 0 Å². The van der Waals surface area contributed by atoms with Crippen molar-refractivity contribution in [3.8, 4) is 0 Å². The van der Waals surface area contributed by atoms with Crippen LogP contribution >= 0.6 is 11.8 Å². The molecule has 3 heterocycles. The van der Waals surface area contributed by atoms with Crippen molar-refractivity contribution in [2.75, 3.05) is 46.0 Å². The molecule has 0 saturated carbocycles. The van der Waals surface area contributed by atoms with Crippen LogP contribution in [0.1, 0.15) is 41.3 Å². The number of carbonyl (C=O) groups is 2. The number of hydrogen-bond donors (Lipinski definition) is 0. The van der Waals surface area contributed by atoms with E-state index in [4.69, 9.17) is 4.42 Å². The van der Waals surface area contributed by atoms with Gasteiger partial charge < -0.3 is 18.8 Å². The predicted octanol–water partition coefficient (Wildman–Crippen LogP) is 3.01. The van der Waals surface area contributed by atoms with E-state index < -0.39 is 0 Å². The van der Waals surface area contributed by atoms with E-state index in [0.29, 0.717) is 38.5 Å². The van der Waals surface area contributed by atoms with Gasteiger partial charge in [0.15, 0.2) is 16.7 Å². The molecule has 1 aliphatic heterocycles. The number of nitrogens with zero attached hydrogens (tertiary/aromatic N) is 6. The number of piperazine rings is 1. The summed E-state index contributed by atoms with van der Waals surface area (Å²) in [4.78, 5) is 31.1. The quantitative estimate of drug-likeness (QED) is 0.421. The first-order valence-electron chi connectivity index (χ1n) is 11.8. The number of aromatic nitrogens is 3. The molecule has 2 aromatic heterocycles. The molecule has 0 aliphatic carbocycles. The topological polar surface area (TPSA) is 87.7 Å². The summed E-state index contributed by atoms with van der Waals surface area (Å²) in [6.45, 7) is 4.78. The molecule has 0 unspecified atom stereocenters. The van der Waals surface area contributed by atoms with Crippen LogP contribution in [-0.4, -0.2) is 87.3 Å². The Morgan fingerprint density at radius 2 is 1.74 bits per heavy atom. The number of thioether (sulfide) groups is 1. The Morgan fingerprint density at radius 3 is 2.37 bits per heavy atom. The first kappa shape index (κ1) is 25.0. The molecule has 35 heavy (non-hydrogen) atoms. The van der Waals surface area contributed by atoms with Crippen LogP contribution in [0.3, 0.4) is 0 Å². The third kappa shape index (κ3) is 5.94. The number of carbonyl (C=O) groups excluding carboxylic acids is 2. The molecule has 0 spiro atoms. The second-order valence-corrected chi connectivity index (χ2v) is 9.68. The van der Waals surface area contributed by atoms with E-state index in [0.717, 1.165) is 23.0 Å². The lowest BCUT2D eigenvalue weighted by Gasteiger charge is -2.34. The lowest BCUT2D eigenvalue weighted by molar-refractivity contribution is -0.129. The molecule has 1 aromatic carbocycles. The van der Waals surface area contributed by atoms with Crippen LogP contribution in [0.5, 0.6) is 0 Å². The highest BCUT2D eigenvalue weighted by molar-refractivity contribution is 7.99. The van der Waals surface area contributed by atoms with Crippen LogP contribution in [0.15, 0.2) is 58.3 Å². The fraction of sp³-hybridized carbons (Fsp3) is 0.440. The number of furan rings is 1. The fourth-order valence-electron chi connectivity index (χ4n) is 4.28. The summed E-state index contributed by atoms with van der Waals surface area (Å²) in [7, 11) is 4.09. The van der Waals surface area contributed by atoms with E-state index in [1.54, 1.807) is 17.0 Å². The predicted molar refractivity (Wildman–Crippen MR) is 134 cm³/mol. The highest BCUT2D eigenvalue weighted by Crippen LogP contribution is 2.26. The van der Waals surface area contributed by atoms with E-state index in [2.05, 4.69) is 38.7 Å². The minimum atomic E-state index is -0.135. The van der Waals surface area contributed by atoms with E-state index in [1.807, 2.05) is 37.2 Å². The zero-order chi connectivity index (χ0) is 24.8. The molecule has 0 N–H and O–H groups in total. The molecule has 1 atom stereocenters. The van der Waals surface area contributed by atoms with Crippen LogP contribution in [0.25, 0.3) is 0 Å². The standard InChI is InChI=1S/C25H32N6O3S/c1-4-20(28(2)3)23-26-27-25(31(23)17-19-9-6-5-7-10-19)35-18-22(32)29-12-14-30(15-13-29)24(33)21-11-8-16-34-21/h5-11,16,20H,4,12-15,17-18H2,1-3H3/t20-/m1/s1. The molecule has 3 aromatic rings. The average molecular weight is 497 g/mol. The zero-order valence-corrected chi connectivity index (χ0v) is 21.3. The van der Waals surface area contributed by atoms with Crippen LogP contribution in [0.2, 0.25) is 0 Å². The minimum Gasteiger partial charge on any atom is -0.459 e. The van der Waals surface area contributed by atoms with Gasteiger partial charge in [-0.1, -0.05) is 49.0 Å². The van der Waals surface area contributed by atoms with Gasteiger partial charge in [0.05, 0.1) is 24.6 Å². The Kier molecular flexibility index (Phi) is 8.25. The molecule has 186 valence electrons. The smallest absolute Gasteiger partial charge is 0.289 e. The van der Waals surface area contributed by atoms with Crippen LogP contribution in [0, 0.1) is 0 Å². The summed E-state index contributed by atoms with van der Waals surface area (Å²) >= 11 is 1.42. The molecule has 10 heteroatoms. The Balaban J connectivity index is 1.40. The van der Waals surface area contributed by atoms with Crippen molar-refractivity contribution >= 4 is 23.6 Å². The maximum Gasteiger partial charge on any atom is 0.289 e. The van der Waals surface area contributed by atoms with Crippen molar-refractivity contribution in [3.63, 3.8) is 0 Å². The highest BCUT2D eigenvalue weighted by atomic mass is 32.2. The van der Waals surface area contributed by atoms with Crippen molar-refractivity contribution in [2.45, 2.75) is 31.1 Å². The first-order chi connectivity index (χ1) is 17.0. The lowest BCUT2D eigenvalue weighted by atomic mass is 10.2. The van der Waals surface area contributed by atoms with E-state index >= 15 is 0 Å². The minimum absolute atomic E-state index is 0.0376. The molecule has 4 rings (SSSR count). The monoisotopic (exact) mass is 496 g/mol. The highest BCUT2D eigenvalue weighted by Gasteiger charge is 2.27. The lowest BCUT2D eigenvalue weighted by Crippen LogP contribution is -2.51. The Labute approximate surface area is 210 Å². The molecule has 0 bridgehead atoms. The third-order valence-electron chi connectivity index (χ3n) is 6.21. The SMILES string of the molecule is CC[C@H](c1nnc(SCC(=O)N2CCN(C(=O)c3ccco3)CC2)n1Cc1ccccc1)N(C)C. The van der Waals surface area contributed by atoms with E-state index in [-0.39, 0.29) is 23.6 Å². The normalized spacial score (nSPS) is 15.0. The molecule has 1 aliphatic rings. The van der Waals surface area contributed by atoms with Gasteiger partial charge in [-0.2, -0.15) is 0 Å². The fourth-order valence-corrected chi connectivity index (χ4v) is 5.13. The number of benzene rings is 1. The second kappa shape index (κ2) is 11.5. The van der Waals surface area contributed by atoms with Crippen molar-refractivity contribution in [2.24, 2.45) is 0 Å². The Morgan fingerprint density at radius 1 is 1.03 bits per heavy atom. The summed E-state index contributed by atoms with van der Waals surface area (Å²) in [5.74, 6) is 1.41. The number of rotatable bonds is 9. The van der Waals surface area contributed by atoms with Crippen LogP contribution in [0.4, 0.5) is 0 Å². The van der Waals surface area contributed by atoms with E-state index in [1.165, 1.54) is 18.0 Å². The Hall–Kier alpha value is -3.11. The molecule has 1 fully saturated rings.